The zero-order valence-corrected chi connectivity index (χ0v) is 14.3. The lowest BCUT2D eigenvalue weighted by Gasteiger charge is -2.32. The molecule has 3 N–H and O–H groups in total. The van der Waals surface area contributed by atoms with E-state index in [9.17, 15) is 5.11 Å². The topological polar surface area (TPSA) is 95.6 Å². The average Bonchev–Trinajstić information content (AvgIpc) is 3.06. The number of anilines is 1. The van der Waals surface area contributed by atoms with Gasteiger partial charge in [0.05, 0.1) is 7.11 Å². The molecule has 1 aromatic carbocycles. The van der Waals surface area contributed by atoms with Crippen molar-refractivity contribution < 1.29 is 14.6 Å². The Balaban J connectivity index is 1.61. The summed E-state index contributed by atoms with van der Waals surface area (Å²) in [5.41, 5.74) is 0.795. The van der Waals surface area contributed by atoms with Crippen molar-refractivity contribution in [1.82, 2.24) is 14.5 Å². The fraction of sp³-hybridized carbons (Fsp3) is 0.529. The van der Waals surface area contributed by atoms with E-state index in [4.69, 9.17) is 14.9 Å². The summed E-state index contributed by atoms with van der Waals surface area (Å²) in [7, 11) is 1.57. The molecule has 3 heterocycles. The zero-order chi connectivity index (χ0) is 17.4. The van der Waals surface area contributed by atoms with Crippen LogP contribution in [0.25, 0.3) is 10.9 Å². The molecule has 0 aliphatic carbocycles. The van der Waals surface area contributed by atoms with Crippen molar-refractivity contribution in [3.05, 3.63) is 17.8 Å². The lowest BCUT2D eigenvalue weighted by molar-refractivity contribution is 0.0461. The monoisotopic (exact) mass is 345 g/mol. The van der Waals surface area contributed by atoms with Crippen LogP contribution in [-0.2, 0) is 6.54 Å². The molecule has 2 aromatic rings. The second kappa shape index (κ2) is 6.53. The molecular weight excluding hydrogens is 322 g/mol. The van der Waals surface area contributed by atoms with Crippen LogP contribution in [0.2, 0.25) is 0 Å². The maximum atomic E-state index is 10.1. The maximum Gasteiger partial charge on any atom is 0.224 e. The minimum Gasteiger partial charge on any atom is -0.491 e. The van der Waals surface area contributed by atoms with Crippen molar-refractivity contribution in [3.8, 4) is 11.5 Å². The molecule has 25 heavy (non-hydrogen) atoms. The third-order valence-corrected chi connectivity index (χ3v) is 4.77. The standard InChI is InChI=1S/C17H23N5O3/c1-24-15-13(25-10-11(23)9-21-6-2-7-21)4-3-12-14(15)20-17(18)22-8-5-19-16(12)22/h3-4,11,18-19,23H,2,5-10H2,1H3. The second-order valence-corrected chi connectivity index (χ2v) is 6.47. The number of hydrogen-bond donors (Lipinski definition) is 3. The van der Waals surface area contributed by atoms with E-state index in [-0.39, 0.29) is 12.2 Å². The van der Waals surface area contributed by atoms with Gasteiger partial charge < -0.3 is 24.8 Å². The maximum absolute atomic E-state index is 10.1. The first-order valence-corrected chi connectivity index (χ1v) is 8.60. The number of likely N-dealkylation sites (tertiary alicyclic amines) is 1. The van der Waals surface area contributed by atoms with E-state index in [1.165, 1.54) is 6.42 Å². The normalized spacial score (nSPS) is 17.7. The van der Waals surface area contributed by atoms with Gasteiger partial charge in [-0.2, -0.15) is 0 Å². The number of aromatic nitrogens is 2. The highest BCUT2D eigenvalue weighted by atomic mass is 16.5. The quantitative estimate of drug-likeness (QED) is 0.701. The molecule has 1 aromatic heterocycles. The van der Waals surface area contributed by atoms with E-state index >= 15 is 0 Å². The van der Waals surface area contributed by atoms with Crippen molar-refractivity contribution in [2.24, 2.45) is 0 Å². The van der Waals surface area contributed by atoms with Crippen molar-refractivity contribution in [1.29, 1.82) is 5.41 Å². The van der Waals surface area contributed by atoms with Crippen molar-refractivity contribution >= 4 is 16.7 Å². The van der Waals surface area contributed by atoms with Gasteiger partial charge in [-0.3, -0.25) is 9.98 Å². The van der Waals surface area contributed by atoms with Gasteiger partial charge in [-0.15, -0.1) is 0 Å². The number of rotatable bonds is 6. The summed E-state index contributed by atoms with van der Waals surface area (Å²) < 4.78 is 13.2. The number of hydrogen-bond acceptors (Lipinski definition) is 7. The summed E-state index contributed by atoms with van der Waals surface area (Å²) in [6, 6.07) is 3.76. The van der Waals surface area contributed by atoms with Crippen LogP contribution in [0, 0.1) is 5.41 Å². The van der Waals surface area contributed by atoms with E-state index < -0.39 is 6.10 Å². The highest BCUT2D eigenvalue weighted by molar-refractivity contribution is 5.95. The van der Waals surface area contributed by atoms with Crippen molar-refractivity contribution in [3.63, 3.8) is 0 Å². The third kappa shape index (κ3) is 2.91. The Kier molecular flexibility index (Phi) is 4.22. The molecule has 8 nitrogen and oxygen atoms in total. The number of aliphatic hydroxyl groups is 1. The molecule has 1 fully saturated rings. The summed E-state index contributed by atoms with van der Waals surface area (Å²) in [5, 5.41) is 22.5. The molecule has 2 aliphatic heterocycles. The molecule has 1 atom stereocenters. The SMILES string of the molecule is COc1c(OCC(O)CN2CCC2)ccc2c3n(c(=N)nc12)CCN3. The highest BCUT2D eigenvalue weighted by Crippen LogP contribution is 2.37. The van der Waals surface area contributed by atoms with Gasteiger partial charge in [0.2, 0.25) is 5.62 Å². The number of benzene rings is 1. The molecule has 0 radical (unpaired) electrons. The van der Waals surface area contributed by atoms with Crippen LogP contribution in [0.1, 0.15) is 6.42 Å². The molecule has 0 spiro atoms. The van der Waals surface area contributed by atoms with Crippen molar-refractivity contribution in [2.45, 2.75) is 19.1 Å². The molecule has 1 unspecified atom stereocenters. The number of ether oxygens (including phenoxy) is 2. The second-order valence-electron chi connectivity index (χ2n) is 6.47. The first-order chi connectivity index (χ1) is 12.2. The number of aliphatic hydroxyl groups excluding tert-OH is 1. The smallest absolute Gasteiger partial charge is 0.224 e. The van der Waals surface area contributed by atoms with E-state index in [0.717, 1.165) is 37.4 Å². The van der Waals surface area contributed by atoms with Crippen LogP contribution in [0.4, 0.5) is 5.82 Å². The molecule has 4 rings (SSSR count). The van der Waals surface area contributed by atoms with Gasteiger partial charge in [-0.25, -0.2) is 4.98 Å². The fourth-order valence-electron chi connectivity index (χ4n) is 3.38. The van der Waals surface area contributed by atoms with Crippen LogP contribution < -0.4 is 20.4 Å². The first kappa shape index (κ1) is 16.2. The van der Waals surface area contributed by atoms with Gasteiger partial charge in [0.25, 0.3) is 0 Å². The summed E-state index contributed by atoms with van der Waals surface area (Å²) in [6.45, 7) is 4.43. The van der Waals surface area contributed by atoms with Crippen LogP contribution >= 0.6 is 0 Å². The molecule has 8 heteroatoms. The Hall–Kier alpha value is -2.32. The number of fused-ring (bicyclic) bond motifs is 3. The largest absolute Gasteiger partial charge is 0.491 e. The van der Waals surface area contributed by atoms with Gasteiger partial charge in [-0.05, 0) is 31.6 Å². The highest BCUT2D eigenvalue weighted by Gasteiger charge is 2.21. The predicted molar refractivity (Wildman–Crippen MR) is 93.2 cm³/mol. The lowest BCUT2D eigenvalue weighted by Crippen LogP contribution is -2.43. The number of β-amino-alcohol motifs (C(OH)–C–C–N with tert-alkyl or cyclic N) is 1. The number of nitrogens with zero attached hydrogens (tertiary/aromatic N) is 3. The fourth-order valence-corrected chi connectivity index (χ4v) is 3.38. The van der Waals surface area contributed by atoms with Crippen LogP contribution in [-0.4, -0.2) is 65.6 Å². The lowest BCUT2D eigenvalue weighted by atomic mass is 10.2. The number of nitrogens with one attached hydrogen (secondary N) is 2. The molecule has 1 saturated heterocycles. The minimum atomic E-state index is -0.544. The van der Waals surface area contributed by atoms with Crippen LogP contribution in [0.5, 0.6) is 11.5 Å². The average molecular weight is 345 g/mol. The Morgan fingerprint density at radius 1 is 1.36 bits per heavy atom. The molecule has 2 aliphatic rings. The Morgan fingerprint density at radius 2 is 2.20 bits per heavy atom. The van der Waals surface area contributed by atoms with Crippen LogP contribution in [0.3, 0.4) is 0 Å². The predicted octanol–water partition coefficient (Wildman–Crippen LogP) is 0.395. The van der Waals surface area contributed by atoms with E-state index in [1.807, 2.05) is 16.7 Å². The summed E-state index contributed by atoms with van der Waals surface area (Å²) in [5.74, 6) is 1.92. The third-order valence-electron chi connectivity index (χ3n) is 4.77. The van der Waals surface area contributed by atoms with Gasteiger partial charge in [0.1, 0.15) is 24.0 Å². The zero-order valence-electron chi connectivity index (χ0n) is 14.3. The minimum absolute atomic E-state index is 0.195. The number of methoxy groups -OCH3 is 1. The molecule has 0 amide bonds. The van der Waals surface area contributed by atoms with Crippen molar-refractivity contribution in [2.75, 3.05) is 45.2 Å². The van der Waals surface area contributed by atoms with Gasteiger partial charge in [0, 0.05) is 25.0 Å². The van der Waals surface area contributed by atoms with E-state index in [0.29, 0.717) is 23.6 Å². The van der Waals surface area contributed by atoms with E-state index in [1.54, 1.807) is 7.11 Å². The Labute approximate surface area is 145 Å². The molecule has 0 saturated carbocycles. The first-order valence-electron chi connectivity index (χ1n) is 8.60. The summed E-state index contributed by atoms with van der Waals surface area (Å²) >= 11 is 0. The van der Waals surface area contributed by atoms with Gasteiger partial charge in [-0.1, -0.05) is 0 Å². The molecule has 0 bridgehead atoms. The molecular formula is C17H23N5O3. The van der Waals surface area contributed by atoms with E-state index in [2.05, 4.69) is 15.2 Å². The summed E-state index contributed by atoms with van der Waals surface area (Å²) in [6.07, 6.45) is 0.654. The van der Waals surface area contributed by atoms with Gasteiger partial charge in [0.15, 0.2) is 11.5 Å². The molecule has 134 valence electrons. The van der Waals surface area contributed by atoms with Crippen LogP contribution in [0.15, 0.2) is 12.1 Å². The summed E-state index contributed by atoms with van der Waals surface area (Å²) in [4.78, 5) is 6.59. The van der Waals surface area contributed by atoms with Gasteiger partial charge >= 0.3 is 0 Å². The Bertz CT molecular complexity index is 846. The Morgan fingerprint density at radius 3 is 2.92 bits per heavy atom.